The Morgan fingerprint density at radius 3 is 2.71 bits per heavy atom. The van der Waals surface area contributed by atoms with E-state index in [0.29, 0.717) is 12.1 Å². The van der Waals surface area contributed by atoms with E-state index in [2.05, 4.69) is 11.6 Å². The molecule has 0 amide bonds. The molecule has 0 atom stereocenters. The smallest absolute Gasteiger partial charge is 0.328 e. The van der Waals surface area contributed by atoms with E-state index in [9.17, 15) is 13.2 Å². The molecule has 1 aromatic rings. The Morgan fingerprint density at radius 2 is 2.14 bits per heavy atom. The number of carboxylic acids is 1. The van der Waals surface area contributed by atoms with Crippen LogP contribution in [0.4, 0.5) is 0 Å². The van der Waals surface area contributed by atoms with Gasteiger partial charge in [-0.1, -0.05) is 25.5 Å². The molecule has 0 saturated heterocycles. The van der Waals surface area contributed by atoms with Crippen LogP contribution in [0.2, 0.25) is 0 Å². The van der Waals surface area contributed by atoms with Crippen LogP contribution in [0.15, 0.2) is 35.2 Å². The first kappa shape index (κ1) is 15.7. The van der Waals surface area contributed by atoms with Gasteiger partial charge in [-0.3, -0.25) is 0 Å². The number of carbonyl (C=O) groups is 1. The van der Waals surface area contributed by atoms with Crippen molar-refractivity contribution in [2.45, 2.75) is 31.1 Å². The maximum atomic E-state index is 12.3. The SMILES string of the molecule is CC1(CNS(=O)(=O)c2cccc(/C=C/C(=O)O)c2)CCC1. The first-order valence-corrected chi connectivity index (χ1v) is 8.30. The van der Waals surface area contributed by atoms with Crippen molar-refractivity contribution in [2.24, 2.45) is 5.41 Å². The van der Waals surface area contributed by atoms with Crippen molar-refractivity contribution in [2.75, 3.05) is 6.54 Å². The molecule has 1 saturated carbocycles. The molecule has 5 nitrogen and oxygen atoms in total. The number of hydrogen-bond acceptors (Lipinski definition) is 3. The van der Waals surface area contributed by atoms with Crippen LogP contribution in [-0.4, -0.2) is 26.0 Å². The van der Waals surface area contributed by atoms with Gasteiger partial charge in [0.15, 0.2) is 0 Å². The Morgan fingerprint density at radius 1 is 1.43 bits per heavy atom. The van der Waals surface area contributed by atoms with E-state index in [0.717, 1.165) is 25.3 Å². The van der Waals surface area contributed by atoms with Gasteiger partial charge in [0.1, 0.15) is 0 Å². The number of nitrogens with one attached hydrogen (secondary N) is 1. The minimum absolute atomic E-state index is 0.0634. The third kappa shape index (κ3) is 4.15. The van der Waals surface area contributed by atoms with Crippen LogP contribution in [0, 0.1) is 5.41 Å². The van der Waals surface area contributed by atoms with E-state index in [1.54, 1.807) is 12.1 Å². The molecule has 0 aliphatic heterocycles. The zero-order valence-corrected chi connectivity index (χ0v) is 12.7. The van der Waals surface area contributed by atoms with Crippen LogP contribution in [0.1, 0.15) is 31.7 Å². The van der Waals surface area contributed by atoms with E-state index >= 15 is 0 Å². The topological polar surface area (TPSA) is 83.5 Å². The lowest BCUT2D eigenvalue weighted by Gasteiger charge is -2.38. The molecule has 2 N–H and O–H groups in total. The summed E-state index contributed by atoms with van der Waals surface area (Å²) >= 11 is 0. The Kier molecular flexibility index (Phi) is 4.49. The second-order valence-corrected chi connectivity index (χ2v) is 7.50. The number of hydrogen-bond donors (Lipinski definition) is 2. The monoisotopic (exact) mass is 309 g/mol. The Bertz CT molecular complexity index is 660. The summed E-state index contributed by atoms with van der Waals surface area (Å²) in [5.74, 6) is -1.07. The van der Waals surface area contributed by atoms with Crippen molar-refractivity contribution in [3.8, 4) is 0 Å². The predicted octanol–water partition coefficient (Wildman–Crippen LogP) is 2.25. The first-order valence-electron chi connectivity index (χ1n) is 6.82. The number of aliphatic carboxylic acids is 1. The van der Waals surface area contributed by atoms with Crippen molar-refractivity contribution < 1.29 is 18.3 Å². The second kappa shape index (κ2) is 5.99. The van der Waals surface area contributed by atoms with Gasteiger partial charge in [0.25, 0.3) is 0 Å². The lowest BCUT2D eigenvalue weighted by Crippen LogP contribution is -2.39. The fourth-order valence-corrected chi connectivity index (χ4v) is 3.52. The third-order valence-corrected chi connectivity index (χ3v) is 5.24. The highest BCUT2D eigenvalue weighted by atomic mass is 32.2. The van der Waals surface area contributed by atoms with Gasteiger partial charge in [0.05, 0.1) is 4.90 Å². The maximum absolute atomic E-state index is 12.3. The molecule has 114 valence electrons. The molecule has 0 heterocycles. The molecule has 0 unspecified atom stereocenters. The summed E-state index contributed by atoms with van der Waals surface area (Å²) < 4.78 is 27.2. The fraction of sp³-hybridized carbons (Fsp3) is 0.400. The van der Waals surface area contributed by atoms with Crippen LogP contribution >= 0.6 is 0 Å². The first-order chi connectivity index (χ1) is 9.81. The molecule has 0 spiro atoms. The molecule has 21 heavy (non-hydrogen) atoms. The summed E-state index contributed by atoms with van der Waals surface area (Å²) in [6.07, 6.45) is 5.57. The number of carboxylic acid groups (broad SMARTS) is 1. The zero-order valence-electron chi connectivity index (χ0n) is 11.9. The minimum Gasteiger partial charge on any atom is -0.478 e. The third-order valence-electron chi connectivity index (χ3n) is 3.84. The van der Waals surface area contributed by atoms with Gasteiger partial charge in [0, 0.05) is 12.6 Å². The Balaban J connectivity index is 2.12. The van der Waals surface area contributed by atoms with Crippen LogP contribution in [0.25, 0.3) is 6.08 Å². The molecular weight excluding hydrogens is 290 g/mol. The molecular formula is C15H19NO4S. The summed E-state index contributed by atoms with van der Waals surface area (Å²) in [4.78, 5) is 10.6. The second-order valence-electron chi connectivity index (χ2n) is 5.73. The summed E-state index contributed by atoms with van der Waals surface area (Å²) in [6, 6.07) is 6.22. The summed E-state index contributed by atoms with van der Waals surface area (Å²) in [5, 5.41) is 8.59. The highest BCUT2D eigenvalue weighted by Crippen LogP contribution is 2.39. The Hall–Kier alpha value is -1.66. The molecule has 1 fully saturated rings. The van der Waals surface area contributed by atoms with E-state index in [-0.39, 0.29) is 10.3 Å². The van der Waals surface area contributed by atoms with Crippen molar-refractivity contribution in [1.29, 1.82) is 0 Å². The molecule has 1 aromatic carbocycles. The summed E-state index contributed by atoms with van der Waals surface area (Å²) in [7, 11) is -3.56. The molecule has 2 rings (SSSR count). The molecule has 0 radical (unpaired) electrons. The van der Waals surface area contributed by atoms with E-state index in [4.69, 9.17) is 5.11 Å². The van der Waals surface area contributed by atoms with Gasteiger partial charge in [-0.15, -0.1) is 0 Å². The van der Waals surface area contributed by atoms with Crippen LogP contribution in [-0.2, 0) is 14.8 Å². The van der Waals surface area contributed by atoms with Gasteiger partial charge in [-0.2, -0.15) is 0 Å². The van der Waals surface area contributed by atoms with Gasteiger partial charge < -0.3 is 5.11 Å². The zero-order chi connectivity index (χ0) is 15.5. The highest BCUT2D eigenvalue weighted by Gasteiger charge is 2.33. The quantitative estimate of drug-likeness (QED) is 0.790. The standard InChI is InChI=1S/C15H19NO4S/c1-15(8-3-9-15)11-16-21(19,20)13-5-2-4-12(10-13)6-7-14(17)18/h2,4-7,10,16H,3,8-9,11H2,1H3,(H,17,18)/b7-6+. The average Bonchev–Trinajstić information content (AvgIpc) is 2.41. The summed E-state index contributed by atoms with van der Waals surface area (Å²) in [6.45, 7) is 2.51. The van der Waals surface area contributed by atoms with E-state index < -0.39 is 16.0 Å². The summed E-state index contributed by atoms with van der Waals surface area (Å²) in [5.41, 5.74) is 0.601. The van der Waals surface area contributed by atoms with E-state index in [1.807, 2.05) is 0 Å². The lowest BCUT2D eigenvalue weighted by molar-refractivity contribution is -0.131. The molecule has 1 aliphatic rings. The van der Waals surface area contributed by atoms with Crippen molar-refractivity contribution in [3.63, 3.8) is 0 Å². The van der Waals surface area contributed by atoms with Crippen molar-refractivity contribution in [1.82, 2.24) is 4.72 Å². The molecule has 1 aliphatic carbocycles. The molecule has 0 aromatic heterocycles. The molecule has 6 heteroatoms. The normalized spacial score (nSPS) is 17.6. The van der Waals surface area contributed by atoms with E-state index in [1.165, 1.54) is 18.2 Å². The van der Waals surface area contributed by atoms with Crippen LogP contribution in [0.3, 0.4) is 0 Å². The molecule has 0 bridgehead atoms. The van der Waals surface area contributed by atoms with Gasteiger partial charge in [-0.25, -0.2) is 17.9 Å². The number of sulfonamides is 1. The largest absolute Gasteiger partial charge is 0.478 e. The van der Waals surface area contributed by atoms with Crippen molar-refractivity contribution in [3.05, 3.63) is 35.9 Å². The van der Waals surface area contributed by atoms with Gasteiger partial charge >= 0.3 is 5.97 Å². The maximum Gasteiger partial charge on any atom is 0.328 e. The fourth-order valence-electron chi connectivity index (χ4n) is 2.26. The Labute approximate surface area is 124 Å². The number of benzene rings is 1. The number of rotatable bonds is 6. The minimum atomic E-state index is -3.56. The van der Waals surface area contributed by atoms with Gasteiger partial charge in [-0.05, 0) is 42.0 Å². The van der Waals surface area contributed by atoms with Crippen LogP contribution < -0.4 is 4.72 Å². The van der Waals surface area contributed by atoms with Crippen LogP contribution in [0.5, 0.6) is 0 Å². The highest BCUT2D eigenvalue weighted by molar-refractivity contribution is 7.89. The van der Waals surface area contributed by atoms with Gasteiger partial charge in [0.2, 0.25) is 10.0 Å². The van der Waals surface area contributed by atoms with Crippen molar-refractivity contribution >= 4 is 22.1 Å². The average molecular weight is 309 g/mol. The lowest BCUT2D eigenvalue weighted by atomic mass is 9.71. The predicted molar refractivity (Wildman–Crippen MR) is 80.3 cm³/mol.